The topological polar surface area (TPSA) is 63.7 Å². The molecule has 25 heavy (non-hydrogen) atoms. The Kier molecular flexibility index (Phi) is 5.50. The number of nitrogens with zero attached hydrogens (tertiary/aromatic N) is 1. The molecule has 5 nitrogen and oxygen atoms in total. The lowest BCUT2D eigenvalue weighted by Gasteiger charge is -2.20. The molecule has 0 aliphatic carbocycles. The Balaban J connectivity index is 1.78. The fourth-order valence-electron chi connectivity index (χ4n) is 2.55. The predicted octanol–water partition coefficient (Wildman–Crippen LogP) is 3.32. The van der Waals surface area contributed by atoms with Crippen molar-refractivity contribution in [3.63, 3.8) is 0 Å². The second-order valence-corrected chi connectivity index (χ2v) is 6.59. The van der Waals surface area contributed by atoms with Gasteiger partial charge >= 0.3 is 5.97 Å². The summed E-state index contributed by atoms with van der Waals surface area (Å²) in [5, 5.41) is -0.136. The van der Waals surface area contributed by atoms with Crippen LogP contribution in [0.25, 0.3) is 0 Å². The van der Waals surface area contributed by atoms with E-state index in [0.29, 0.717) is 23.4 Å². The Hall–Kier alpha value is -2.60. The van der Waals surface area contributed by atoms with Gasteiger partial charge in [-0.15, -0.1) is 0 Å². The van der Waals surface area contributed by atoms with Crippen molar-refractivity contribution in [3.05, 3.63) is 71.8 Å². The van der Waals surface area contributed by atoms with E-state index in [4.69, 9.17) is 4.74 Å². The van der Waals surface area contributed by atoms with Gasteiger partial charge in [-0.2, -0.15) is 0 Å². The molecule has 1 aliphatic heterocycles. The summed E-state index contributed by atoms with van der Waals surface area (Å²) < 4.78 is 5.47. The quantitative estimate of drug-likeness (QED) is 0.587. The van der Waals surface area contributed by atoms with Gasteiger partial charge in [0.05, 0.1) is 0 Å². The maximum atomic E-state index is 12.8. The highest BCUT2D eigenvalue weighted by Crippen LogP contribution is 2.24. The molecule has 6 heteroatoms. The van der Waals surface area contributed by atoms with Crippen LogP contribution in [0.15, 0.2) is 60.7 Å². The summed E-state index contributed by atoms with van der Waals surface area (Å²) in [6.45, 7) is 0.373. The van der Waals surface area contributed by atoms with Crippen molar-refractivity contribution in [3.8, 4) is 0 Å². The third-order valence-electron chi connectivity index (χ3n) is 3.81. The van der Waals surface area contributed by atoms with Gasteiger partial charge < -0.3 is 9.64 Å². The van der Waals surface area contributed by atoms with Gasteiger partial charge in [0.25, 0.3) is 5.24 Å². The number of carbonyl (C=O) groups is 3. The van der Waals surface area contributed by atoms with Crippen LogP contribution in [-0.4, -0.2) is 40.7 Å². The molecule has 1 heterocycles. The largest absolute Gasteiger partial charge is 0.448 e. The number of amides is 1. The number of ether oxygens (including phenoxy) is 1. The summed E-state index contributed by atoms with van der Waals surface area (Å²) in [6, 6.07) is 17.6. The molecular formula is C19H17NO4S. The fraction of sp³-hybridized carbons (Fsp3) is 0.211. The van der Waals surface area contributed by atoms with Gasteiger partial charge in [-0.3, -0.25) is 14.4 Å². The zero-order chi connectivity index (χ0) is 17.6. The first kappa shape index (κ1) is 17.2. The molecule has 1 saturated heterocycles. The Morgan fingerprint density at radius 3 is 2.28 bits per heavy atom. The third kappa shape index (κ3) is 4.28. The van der Waals surface area contributed by atoms with E-state index in [1.807, 2.05) is 12.1 Å². The Labute approximate surface area is 150 Å². The van der Waals surface area contributed by atoms with Crippen molar-refractivity contribution in [1.29, 1.82) is 0 Å². The predicted molar refractivity (Wildman–Crippen MR) is 95.5 cm³/mol. The van der Waals surface area contributed by atoms with Crippen LogP contribution in [-0.2, 0) is 9.53 Å². The third-order valence-corrected chi connectivity index (χ3v) is 4.70. The number of benzene rings is 2. The van der Waals surface area contributed by atoms with E-state index in [0.717, 1.165) is 0 Å². The SMILES string of the molecule is O=C(CN1CCSC1=O)O[C@H](C(=O)c1ccccc1)c1ccccc1. The first-order chi connectivity index (χ1) is 12.1. The number of hydrogen-bond acceptors (Lipinski definition) is 5. The van der Waals surface area contributed by atoms with Gasteiger partial charge in [0.15, 0.2) is 6.10 Å². The van der Waals surface area contributed by atoms with Crippen molar-refractivity contribution >= 4 is 28.8 Å². The standard InChI is InChI=1S/C19H17NO4S/c21-16(13-20-11-12-25-19(20)23)24-18(15-9-5-2-6-10-15)17(22)14-7-3-1-4-8-14/h1-10,18H,11-13H2/t18-/m0/s1. The van der Waals surface area contributed by atoms with Crippen molar-refractivity contribution in [2.75, 3.05) is 18.8 Å². The van der Waals surface area contributed by atoms with Crippen molar-refractivity contribution in [2.24, 2.45) is 0 Å². The molecule has 2 aromatic carbocycles. The zero-order valence-electron chi connectivity index (χ0n) is 13.5. The molecule has 1 aliphatic rings. The van der Waals surface area contributed by atoms with Gasteiger partial charge in [0.2, 0.25) is 5.78 Å². The molecule has 0 N–H and O–H groups in total. The van der Waals surface area contributed by atoms with Gasteiger partial charge in [-0.05, 0) is 0 Å². The summed E-state index contributed by atoms with van der Waals surface area (Å²) in [5.41, 5.74) is 1.07. The first-order valence-electron chi connectivity index (χ1n) is 7.90. The van der Waals surface area contributed by atoms with E-state index in [1.54, 1.807) is 48.5 Å². The smallest absolute Gasteiger partial charge is 0.326 e. The molecule has 1 fully saturated rings. The molecule has 0 spiro atoms. The molecule has 1 amide bonds. The Morgan fingerprint density at radius 1 is 1.04 bits per heavy atom. The maximum absolute atomic E-state index is 12.8. The maximum Gasteiger partial charge on any atom is 0.326 e. The average Bonchev–Trinajstić information content (AvgIpc) is 3.05. The number of carbonyl (C=O) groups excluding carboxylic acids is 3. The highest BCUT2D eigenvalue weighted by molar-refractivity contribution is 8.13. The first-order valence-corrected chi connectivity index (χ1v) is 8.89. The minimum atomic E-state index is -1.03. The lowest BCUT2D eigenvalue weighted by atomic mass is 10.00. The number of esters is 1. The summed E-state index contributed by atoms with van der Waals surface area (Å²) >= 11 is 1.18. The van der Waals surface area contributed by atoms with Gasteiger partial charge in [-0.25, -0.2) is 0 Å². The van der Waals surface area contributed by atoms with Crippen molar-refractivity contribution in [1.82, 2.24) is 4.90 Å². The van der Waals surface area contributed by atoms with Crippen LogP contribution in [0.4, 0.5) is 4.79 Å². The van der Waals surface area contributed by atoms with E-state index < -0.39 is 12.1 Å². The summed E-state index contributed by atoms with van der Waals surface area (Å²) in [6.07, 6.45) is -1.03. The molecule has 0 unspecified atom stereocenters. The normalized spacial score (nSPS) is 15.0. The number of ketones is 1. The van der Waals surface area contributed by atoms with Gasteiger partial charge in [-0.1, -0.05) is 72.4 Å². The lowest BCUT2D eigenvalue weighted by molar-refractivity contribution is -0.147. The monoisotopic (exact) mass is 355 g/mol. The van der Waals surface area contributed by atoms with Crippen molar-refractivity contribution in [2.45, 2.75) is 6.10 Å². The van der Waals surface area contributed by atoms with Gasteiger partial charge in [0.1, 0.15) is 6.54 Å². The fourth-order valence-corrected chi connectivity index (χ4v) is 3.37. The van der Waals surface area contributed by atoms with Crippen LogP contribution < -0.4 is 0 Å². The molecule has 0 saturated carbocycles. The minimum absolute atomic E-state index is 0.136. The number of Topliss-reactive ketones (excluding diaryl/α,β-unsaturated/α-hetero) is 1. The van der Waals surface area contributed by atoms with Gasteiger partial charge in [0, 0.05) is 23.4 Å². The van der Waals surface area contributed by atoms with E-state index in [-0.39, 0.29) is 17.6 Å². The van der Waals surface area contributed by atoms with Crippen LogP contribution in [0.5, 0.6) is 0 Å². The van der Waals surface area contributed by atoms with Crippen LogP contribution in [0.2, 0.25) is 0 Å². The second kappa shape index (κ2) is 7.98. The van der Waals surface area contributed by atoms with Crippen LogP contribution >= 0.6 is 11.8 Å². The Morgan fingerprint density at radius 2 is 1.68 bits per heavy atom. The molecule has 0 bridgehead atoms. The highest BCUT2D eigenvalue weighted by Gasteiger charge is 2.29. The second-order valence-electron chi connectivity index (χ2n) is 5.55. The average molecular weight is 355 g/mol. The minimum Gasteiger partial charge on any atom is -0.448 e. The summed E-state index contributed by atoms with van der Waals surface area (Å²) in [7, 11) is 0. The lowest BCUT2D eigenvalue weighted by Crippen LogP contribution is -2.32. The molecule has 128 valence electrons. The van der Waals surface area contributed by atoms with E-state index >= 15 is 0 Å². The molecule has 1 atom stereocenters. The molecule has 0 aromatic heterocycles. The van der Waals surface area contributed by atoms with Crippen LogP contribution in [0.3, 0.4) is 0 Å². The molecule has 0 radical (unpaired) electrons. The number of hydrogen-bond donors (Lipinski definition) is 0. The molecule has 2 aromatic rings. The number of thioether (sulfide) groups is 1. The van der Waals surface area contributed by atoms with Crippen molar-refractivity contribution < 1.29 is 19.1 Å². The van der Waals surface area contributed by atoms with E-state index in [1.165, 1.54) is 16.7 Å². The highest BCUT2D eigenvalue weighted by atomic mass is 32.2. The molecule has 3 rings (SSSR count). The van der Waals surface area contributed by atoms with Crippen LogP contribution in [0.1, 0.15) is 22.0 Å². The van der Waals surface area contributed by atoms with E-state index in [9.17, 15) is 14.4 Å². The van der Waals surface area contributed by atoms with Crippen LogP contribution in [0, 0.1) is 0 Å². The summed E-state index contributed by atoms with van der Waals surface area (Å²) in [5.74, 6) is -0.215. The van der Waals surface area contributed by atoms with E-state index in [2.05, 4.69) is 0 Å². The summed E-state index contributed by atoms with van der Waals surface area (Å²) in [4.78, 5) is 38.2. The zero-order valence-corrected chi connectivity index (χ0v) is 14.3. The Bertz CT molecular complexity index is 764. The molecular weight excluding hydrogens is 338 g/mol. The number of rotatable bonds is 6.